The number of carbonyl (C=O) groups excluding carboxylic acids is 2. The number of rotatable bonds is 6. The molecule has 9 heteroatoms. The number of likely N-dealkylation sites (N-methyl/N-ethyl adjacent to an activating group) is 1. The van der Waals surface area contributed by atoms with Crippen molar-refractivity contribution < 1.29 is 19.1 Å². The van der Waals surface area contributed by atoms with Gasteiger partial charge in [-0.3, -0.25) is 4.90 Å². The number of halogens is 3. The highest BCUT2D eigenvalue weighted by molar-refractivity contribution is 6.42. The van der Waals surface area contributed by atoms with E-state index in [-0.39, 0.29) is 18.8 Å². The fraction of sp³-hybridized carbons (Fsp3) is 0.238. The van der Waals surface area contributed by atoms with Crippen LogP contribution in [-0.4, -0.2) is 37.2 Å². The Bertz CT molecular complexity index is 1010. The predicted molar refractivity (Wildman–Crippen MR) is 116 cm³/mol. The third-order valence-corrected chi connectivity index (χ3v) is 5.49. The van der Waals surface area contributed by atoms with E-state index in [1.165, 1.54) is 4.90 Å². The first-order chi connectivity index (χ1) is 14.3. The normalized spacial score (nSPS) is 16.4. The summed E-state index contributed by atoms with van der Waals surface area (Å²) in [5.74, 6) is -0.0613. The number of hydrogen-bond donors (Lipinski definition) is 1. The van der Waals surface area contributed by atoms with Crippen LogP contribution in [0.4, 0.5) is 4.79 Å². The summed E-state index contributed by atoms with van der Waals surface area (Å²) in [5.41, 5.74) is 1.21. The zero-order chi connectivity index (χ0) is 21.8. The third kappa shape index (κ3) is 4.83. The van der Waals surface area contributed by atoms with Crippen molar-refractivity contribution in [2.75, 3.05) is 20.3 Å². The van der Waals surface area contributed by atoms with Crippen LogP contribution in [0.15, 0.2) is 53.7 Å². The van der Waals surface area contributed by atoms with Gasteiger partial charge >= 0.3 is 12.0 Å². The van der Waals surface area contributed by atoms with Crippen LogP contribution in [0.1, 0.15) is 18.5 Å². The van der Waals surface area contributed by atoms with Crippen molar-refractivity contribution in [1.82, 2.24) is 10.2 Å². The van der Waals surface area contributed by atoms with E-state index in [0.29, 0.717) is 32.1 Å². The lowest BCUT2D eigenvalue weighted by molar-refractivity contribution is -0.139. The Morgan fingerprint density at radius 1 is 1.13 bits per heavy atom. The highest BCUT2D eigenvalue weighted by atomic mass is 35.5. The zero-order valence-electron chi connectivity index (χ0n) is 16.2. The average Bonchev–Trinajstić information content (AvgIpc) is 2.71. The van der Waals surface area contributed by atoms with Crippen molar-refractivity contribution in [2.45, 2.75) is 13.0 Å². The van der Waals surface area contributed by atoms with Gasteiger partial charge in [0.2, 0.25) is 0 Å². The second-order valence-electron chi connectivity index (χ2n) is 6.44. The number of hydrogen-bond acceptors (Lipinski definition) is 4. The van der Waals surface area contributed by atoms with E-state index >= 15 is 0 Å². The van der Waals surface area contributed by atoms with Crippen molar-refractivity contribution in [3.63, 3.8) is 0 Å². The molecule has 1 heterocycles. The number of benzene rings is 2. The maximum absolute atomic E-state index is 12.9. The summed E-state index contributed by atoms with van der Waals surface area (Å²) in [6.07, 6.45) is 0. The largest absolute Gasteiger partial charge is 0.487 e. The fourth-order valence-corrected chi connectivity index (χ4v) is 3.52. The molecule has 0 aliphatic carbocycles. The minimum Gasteiger partial charge on any atom is -0.487 e. The molecule has 1 unspecified atom stereocenters. The summed E-state index contributed by atoms with van der Waals surface area (Å²) < 4.78 is 11.1. The van der Waals surface area contributed by atoms with Gasteiger partial charge in [0.15, 0.2) is 0 Å². The summed E-state index contributed by atoms with van der Waals surface area (Å²) in [7, 11) is 1.55. The number of nitrogens with zero attached hydrogens (tertiary/aromatic N) is 1. The minimum atomic E-state index is -0.777. The number of amides is 2. The molecule has 0 spiro atoms. The summed E-state index contributed by atoms with van der Waals surface area (Å²) >= 11 is 18.2. The topological polar surface area (TPSA) is 67.9 Å². The van der Waals surface area contributed by atoms with E-state index in [1.807, 2.05) is 0 Å². The molecule has 0 saturated carbocycles. The van der Waals surface area contributed by atoms with Crippen LogP contribution >= 0.6 is 34.8 Å². The summed E-state index contributed by atoms with van der Waals surface area (Å²) in [5, 5.41) is 3.99. The van der Waals surface area contributed by atoms with Gasteiger partial charge in [-0.2, -0.15) is 0 Å². The van der Waals surface area contributed by atoms with Crippen molar-refractivity contribution >= 4 is 46.8 Å². The molecule has 1 aliphatic rings. The molecule has 3 rings (SSSR count). The molecule has 2 aromatic carbocycles. The standard InChI is InChI=1S/C21H19Cl3N2O4/c1-3-29-20(27)18-17(11-30-14-6-4-5-13(22)10-14)26(2)21(28)25-19(18)12-7-8-15(23)16(24)9-12/h4-10,19H,3,11H2,1-2H3,(H,25,28). The number of carbonyl (C=O) groups is 2. The van der Waals surface area contributed by atoms with Crippen LogP contribution in [0.3, 0.4) is 0 Å². The Kier molecular flexibility index (Phi) is 7.13. The lowest BCUT2D eigenvalue weighted by Crippen LogP contribution is -2.48. The Balaban J connectivity index is 2.05. The second kappa shape index (κ2) is 9.60. The smallest absolute Gasteiger partial charge is 0.338 e. The van der Waals surface area contributed by atoms with E-state index in [0.717, 1.165) is 0 Å². The molecule has 2 aromatic rings. The minimum absolute atomic E-state index is 0.0454. The maximum atomic E-state index is 12.9. The molecular formula is C21H19Cl3N2O4. The van der Waals surface area contributed by atoms with Crippen LogP contribution in [0.2, 0.25) is 15.1 Å². The van der Waals surface area contributed by atoms with Gasteiger partial charge in [-0.25, -0.2) is 9.59 Å². The number of urea groups is 1. The average molecular weight is 470 g/mol. The summed E-state index contributed by atoms with van der Waals surface area (Å²) in [6.45, 7) is 1.84. The second-order valence-corrected chi connectivity index (χ2v) is 7.69. The van der Waals surface area contributed by atoms with Crippen LogP contribution in [-0.2, 0) is 9.53 Å². The van der Waals surface area contributed by atoms with Gasteiger partial charge in [0.25, 0.3) is 0 Å². The Morgan fingerprint density at radius 3 is 2.57 bits per heavy atom. The van der Waals surface area contributed by atoms with Crippen LogP contribution in [0, 0.1) is 0 Å². The van der Waals surface area contributed by atoms with Crippen molar-refractivity contribution in [1.29, 1.82) is 0 Å². The van der Waals surface area contributed by atoms with Gasteiger partial charge in [0.05, 0.1) is 34.0 Å². The number of nitrogens with one attached hydrogen (secondary N) is 1. The molecule has 1 atom stereocenters. The molecular weight excluding hydrogens is 451 g/mol. The summed E-state index contributed by atoms with van der Waals surface area (Å²) in [4.78, 5) is 26.8. The van der Waals surface area contributed by atoms with Crippen LogP contribution in [0.25, 0.3) is 0 Å². The SMILES string of the molecule is CCOC(=O)C1=C(COc2cccc(Cl)c2)N(C)C(=O)NC1c1ccc(Cl)c(Cl)c1. The first-order valence-electron chi connectivity index (χ1n) is 9.09. The fourth-order valence-electron chi connectivity index (χ4n) is 3.03. The van der Waals surface area contributed by atoms with Crippen LogP contribution in [0.5, 0.6) is 5.75 Å². The van der Waals surface area contributed by atoms with Gasteiger partial charge in [-0.1, -0.05) is 46.9 Å². The molecule has 0 fully saturated rings. The lowest BCUT2D eigenvalue weighted by atomic mass is 9.94. The Morgan fingerprint density at radius 2 is 1.90 bits per heavy atom. The first kappa shape index (κ1) is 22.3. The van der Waals surface area contributed by atoms with Crippen molar-refractivity contribution in [2.24, 2.45) is 0 Å². The molecule has 158 valence electrons. The van der Waals surface area contributed by atoms with Gasteiger partial charge in [0.1, 0.15) is 12.4 Å². The van der Waals surface area contributed by atoms with Crippen LogP contribution < -0.4 is 10.1 Å². The zero-order valence-corrected chi connectivity index (χ0v) is 18.5. The molecule has 30 heavy (non-hydrogen) atoms. The summed E-state index contributed by atoms with van der Waals surface area (Å²) in [6, 6.07) is 10.6. The van der Waals surface area contributed by atoms with Gasteiger partial charge in [-0.15, -0.1) is 0 Å². The molecule has 0 aromatic heterocycles. The molecule has 1 N–H and O–H groups in total. The third-order valence-electron chi connectivity index (χ3n) is 4.52. The Hall–Kier alpha value is -2.41. The van der Waals surface area contributed by atoms with E-state index in [4.69, 9.17) is 44.3 Å². The van der Waals surface area contributed by atoms with Gasteiger partial charge in [0, 0.05) is 12.1 Å². The molecule has 0 bridgehead atoms. The highest BCUT2D eigenvalue weighted by Gasteiger charge is 2.37. The maximum Gasteiger partial charge on any atom is 0.338 e. The molecule has 0 radical (unpaired) electrons. The van der Waals surface area contributed by atoms with Crippen molar-refractivity contribution in [3.8, 4) is 5.75 Å². The lowest BCUT2D eigenvalue weighted by Gasteiger charge is -2.34. The van der Waals surface area contributed by atoms with E-state index in [1.54, 1.807) is 56.4 Å². The number of esters is 1. The van der Waals surface area contributed by atoms with Crippen molar-refractivity contribution in [3.05, 3.63) is 74.4 Å². The predicted octanol–water partition coefficient (Wildman–Crippen LogP) is 5.24. The molecule has 1 aliphatic heterocycles. The van der Waals surface area contributed by atoms with E-state index in [2.05, 4.69) is 5.32 Å². The van der Waals surface area contributed by atoms with Gasteiger partial charge in [-0.05, 0) is 42.8 Å². The van der Waals surface area contributed by atoms with Gasteiger partial charge < -0.3 is 14.8 Å². The monoisotopic (exact) mass is 468 g/mol. The molecule has 6 nitrogen and oxygen atoms in total. The molecule has 2 amide bonds. The molecule has 0 saturated heterocycles. The van der Waals surface area contributed by atoms with E-state index < -0.39 is 18.0 Å². The van der Waals surface area contributed by atoms with E-state index in [9.17, 15) is 9.59 Å². The first-order valence-corrected chi connectivity index (χ1v) is 10.2. The Labute approximate surface area is 189 Å². The highest BCUT2D eigenvalue weighted by Crippen LogP contribution is 2.34. The quantitative estimate of drug-likeness (QED) is 0.588. The number of ether oxygens (including phenoxy) is 2.